The third-order valence-electron chi connectivity index (χ3n) is 10.1. The zero-order chi connectivity index (χ0) is 47.2. The van der Waals surface area contributed by atoms with Crippen LogP contribution in [0.3, 0.4) is 0 Å². The molecule has 0 unspecified atom stereocenters. The predicted molar refractivity (Wildman–Crippen MR) is 215 cm³/mol. The summed E-state index contributed by atoms with van der Waals surface area (Å²) < 4.78 is 69.9. The van der Waals surface area contributed by atoms with E-state index in [1.165, 1.54) is 19.2 Å². The predicted octanol–water partition coefficient (Wildman–Crippen LogP) is 1.26. The Balaban J connectivity index is 1.35. The second kappa shape index (κ2) is 24.4. The van der Waals surface area contributed by atoms with E-state index < -0.39 is 110 Å². The Morgan fingerprint density at radius 3 is 1.61 bits per heavy atom. The van der Waals surface area contributed by atoms with Crippen molar-refractivity contribution in [1.82, 2.24) is 4.90 Å². The molecule has 0 aromatic heterocycles. The molecule has 10 atom stereocenters. The molecule has 0 radical (unpaired) electrons. The molecular weight excluding hydrogens is 882 g/mol. The number of carbonyl (C=O) groups excluding carboxylic acids is 6. The van der Waals surface area contributed by atoms with Crippen LogP contribution in [0.25, 0.3) is 0 Å². The van der Waals surface area contributed by atoms with Gasteiger partial charge in [-0.3, -0.25) is 33.7 Å². The number of hydrogen-bond donors (Lipinski definition) is 0. The maximum Gasteiger partial charge on any atom is 0.303 e. The average molecular weight is 936 g/mol. The van der Waals surface area contributed by atoms with E-state index in [2.05, 4.69) is 0 Å². The van der Waals surface area contributed by atoms with E-state index in [0.717, 1.165) is 32.6 Å². The minimum Gasteiger partial charge on any atom is -0.491 e. The maximum atomic E-state index is 13.8. The Kier molecular flexibility index (Phi) is 18.5. The van der Waals surface area contributed by atoms with Crippen molar-refractivity contribution in [2.45, 2.75) is 89.1 Å². The third-order valence-corrected chi connectivity index (χ3v) is 10.1. The second-order valence-corrected chi connectivity index (χ2v) is 14.9. The molecule has 2 aromatic carbocycles. The van der Waals surface area contributed by atoms with Gasteiger partial charge in [-0.25, -0.2) is 19.6 Å². The summed E-state index contributed by atoms with van der Waals surface area (Å²) >= 11 is 0. The Morgan fingerprint density at radius 2 is 1.08 bits per heavy atom. The summed E-state index contributed by atoms with van der Waals surface area (Å²) in [6.45, 7) is 3.73. The van der Waals surface area contributed by atoms with Gasteiger partial charge < -0.3 is 56.8 Å². The van der Waals surface area contributed by atoms with E-state index in [-0.39, 0.29) is 64.0 Å². The van der Waals surface area contributed by atoms with Gasteiger partial charge in [-0.1, -0.05) is 12.1 Å². The zero-order valence-electron chi connectivity index (χ0n) is 36.9. The van der Waals surface area contributed by atoms with Crippen molar-refractivity contribution < 1.29 is 105 Å². The lowest BCUT2D eigenvalue weighted by molar-refractivity contribution is -0.459. The van der Waals surface area contributed by atoms with Crippen molar-refractivity contribution in [1.29, 1.82) is 0 Å². The number of ether oxygens (including phenoxy) is 12. The number of amides is 2. The van der Waals surface area contributed by atoms with Gasteiger partial charge in [0, 0.05) is 34.8 Å². The fraction of sp³-hybridized carbons (Fsp3) is 0.581. The van der Waals surface area contributed by atoms with Crippen molar-refractivity contribution in [2.24, 2.45) is 0 Å². The maximum absolute atomic E-state index is 13.8. The van der Waals surface area contributed by atoms with Crippen LogP contribution in [0.2, 0.25) is 0 Å². The summed E-state index contributed by atoms with van der Waals surface area (Å²) in [7, 11) is 1.29. The molecule has 2 aromatic rings. The molecule has 5 heterocycles. The standard InChI is InChI=1S/C43H53NO22/c1-24(45)56-23-33-35(59-25(2)46)36(60-26(3)47)38(61-27(4)48)43(63-33)64-34-32(22-44-40(49)30-8-6-7-9-31(30)41(44)50)62-42(51-5)39-37(34)65-57-20-16-52-14-18-54-28-10-12-29(13-11-28)55-19-15-53-17-21-58-66-39/h6-13,32-39,42-43H,14-23H2,1-5H3/t32-,33-,34-,35-,36+,37+,38-,39-,42+,43+/m1/s1. The highest BCUT2D eigenvalue weighted by Crippen LogP contribution is 2.36. The summed E-state index contributed by atoms with van der Waals surface area (Å²) in [4.78, 5) is 101. The van der Waals surface area contributed by atoms with Gasteiger partial charge in [-0.15, -0.1) is 0 Å². The smallest absolute Gasteiger partial charge is 0.303 e. The molecule has 2 bridgehead atoms. The SMILES string of the molecule is CO[C@H]1O[C@H](CN2C(=O)c3ccccc3C2=O)[C@@H](O[C@@H]2O[C@H](COC(C)=O)[C@@H](OC(C)=O)[C@H](OC(C)=O)[C@H]2OC(C)=O)[C@@H]2OOCCOCCOc3ccc(cc3)OCCOCCOO[C@@H]12. The van der Waals surface area contributed by atoms with Crippen LogP contribution in [0.5, 0.6) is 11.5 Å². The molecule has 0 saturated carbocycles. The summed E-state index contributed by atoms with van der Waals surface area (Å²) in [6.07, 6.45) is -15.4. The van der Waals surface area contributed by atoms with Gasteiger partial charge in [0.15, 0.2) is 43.1 Å². The third kappa shape index (κ3) is 13.4. The number of nitrogens with zero attached hydrogens (tertiary/aromatic N) is 1. The van der Waals surface area contributed by atoms with Crippen LogP contribution >= 0.6 is 0 Å². The minimum atomic E-state index is -1.81. The van der Waals surface area contributed by atoms with E-state index in [1.54, 1.807) is 36.4 Å². The van der Waals surface area contributed by atoms with Gasteiger partial charge in [0.1, 0.15) is 62.8 Å². The van der Waals surface area contributed by atoms with Crippen molar-refractivity contribution >= 4 is 35.7 Å². The second-order valence-electron chi connectivity index (χ2n) is 14.9. The molecule has 66 heavy (non-hydrogen) atoms. The lowest BCUT2D eigenvalue weighted by Gasteiger charge is -2.48. The molecule has 2 fully saturated rings. The molecule has 5 aliphatic rings. The molecule has 23 nitrogen and oxygen atoms in total. The van der Waals surface area contributed by atoms with Crippen LogP contribution in [-0.4, -0.2) is 175 Å². The fourth-order valence-corrected chi connectivity index (χ4v) is 7.34. The van der Waals surface area contributed by atoms with E-state index >= 15 is 0 Å². The lowest BCUT2D eigenvalue weighted by atomic mass is 9.95. The first-order valence-electron chi connectivity index (χ1n) is 21.0. The lowest BCUT2D eigenvalue weighted by Crippen LogP contribution is -2.67. The van der Waals surface area contributed by atoms with Crippen molar-refractivity contribution in [3.8, 4) is 11.5 Å². The number of imide groups is 1. The van der Waals surface area contributed by atoms with Gasteiger partial charge in [-0.2, -0.15) is 0 Å². The monoisotopic (exact) mass is 935 g/mol. The number of fused-ring (bicyclic) bond motifs is 17. The highest BCUT2D eigenvalue weighted by Gasteiger charge is 2.58. The Bertz CT molecular complexity index is 1930. The van der Waals surface area contributed by atoms with Gasteiger partial charge in [0.25, 0.3) is 11.8 Å². The topological polar surface area (TPSA) is 253 Å². The van der Waals surface area contributed by atoms with Crippen molar-refractivity contribution in [2.75, 3.05) is 73.1 Å². The summed E-state index contributed by atoms with van der Waals surface area (Å²) in [5.74, 6) is -3.49. The summed E-state index contributed by atoms with van der Waals surface area (Å²) in [6, 6.07) is 13.2. The highest BCUT2D eigenvalue weighted by atomic mass is 17.2. The largest absolute Gasteiger partial charge is 0.491 e. The number of methoxy groups -OCH3 is 1. The first-order chi connectivity index (χ1) is 31.8. The highest BCUT2D eigenvalue weighted by molar-refractivity contribution is 6.21. The minimum absolute atomic E-state index is 0.00386. The summed E-state index contributed by atoms with van der Waals surface area (Å²) in [5.41, 5.74) is 0.275. The zero-order valence-corrected chi connectivity index (χ0v) is 36.9. The first-order valence-corrected chi connectivity index (χ1v) is 21.0. The van der Waals surface area contributed by atoms with Gasteiger partial charge in [0.2, 0.25) is 0 Å². The van der Waals surface area contributed by atoms with Crippen LogP contribution in [0.15, 0.2) is 48.5 Å². The Morgan fingerprint density at radius 1 is 0.576 bits per heavy atom. The van der Waals surface area contributed by atoms with E-state index in [1.807, 2.05) is 0 Å². The average Bonchev–Trinajstić information content (AvgIpc) is 3.52. The van der Waals surface area contributed by atoms with Gasteiger partial charge in [-0.05, 0) is 36.4 Å². The molecule has 7 rings (SSSR count). The van der Waals surface area contributed by atoms with E-state index in [4.69, 9.17) is 76.4 Å². The molecule has 5 aliphatic heterocycles. The van der Waals surface area contributed by atoms with Crippen LogP contribution in [-0.2, 0) is 86.1 Å². The molecular formula is C43H53NO22. The van der Waals surface area contributed by atoms with Crippen LogP contribution < -0.4 is 9.47 Å². The molecule has 0 spiro atoms. The summed E-state index contributed by atoms with van der Waals surface area (Å²) in [5, 5.41) is 0. The molecule has 2 saturated heterocycles. The Labute approximate surface area is 378 Å². The first kappa shape index (κ1) is 50.1. The molecule has 0 aliphatic carbocycles. The number of carbonyl (C=O) groups is 6. The molecule has 2 amide bonds. The van der Waals surface area contributed by atoms with Crippen LogP contribution in [0.4, 0.5) is 0 Å². The van der Waals surface area contributed by atoms with Crippen LogP contribution in [0.1, 0.15) is 48.4 Å². The molecule has 362 valence electrons. The fourth-order valence-electron chi connectivity index (χ4n) is 7.34. The van der Waals surface area contributed by atoms with Crippen molar-refractivity contribution in [3.05, 3.63) is 59.7 Å². The number of benzene rings is 2. The number of esters is 4. The van der Waals surface area contributed by atoms with Crippen LogP contribution in [0, 0.1) is 0 Å². The normalized spacial score (nSPS) is 29.1. The number of hydrogen-bond acceptors (Lipinski definition) is 22. The molecule has 0 N–H and O–H groups in total. The van der Waals surface area contributed by atoms with Crippen molar-refractivity contribution in [3.63, 3.8) is 0 Å². The quantitative estimate of drug-likeness (QED) is 0.107. The van der Waals surface area contributed by atoms with Gasteiger partial charge >= 0.3 is 23.9 Å². The number of rotatable bonds is 10. The van der Waals surface area contributed by atoms with Gasteiger partial charge in [0.05, 0.1) is 44.1 Å². The van der Waals surface area contributed by atoms with E-state index in [0.29, 0.717) is 11.5 Å². The van der Waals surface area contributed by atoms with E-state index in [9.17, 15) is 28.8 Å². The molecule has 23 heteroatoms. The Hall–Kier alpha value is -5.34.